The number of hydrogen-bond donors (Lipinski definition) is 2. The van der Waals surface area contributed by atoms with Crippen LogP contribution in [0.25, 0.3) is 0 Å². The Kier molecular flexibility index (Phi) is 3.47. The van der Waals surface area contributed by atoms with Crippen molar-refractivity contribution < 1.29 is 19.7 Å². The number of rotatable bonds is 4. The van der Waals surface area contributed by atoms with Gasteiger partial charge in [0, 0.05) is 42.0 Å². The van der Waals surface area contributed by atoms with E-state index >= 15 is 0 Å². The Bertz CT molecular complexity index is 967. The topological polar surface area (TPSA) is 62.2 Å². The Labute approximate surface area is 184 Å². The van der Waals surface area contributed by atoms with Gasteiger partial charge < -0.3 is 19.7 Å². The molecular formula is C26H35NO4. The van der Waals surface area contributed by atoms with Crippen LogP contribution in [0.2, 0.25) is 0 Å². The predicted octanol–water partition coefficient (Wildman–Crippen LogP) is 3.39. The van der Waals surface area contributed by atoms with Crippen molar-refractivity contribution in [2.75, 3.05) is 20.2 Å². The second kappa shape index (κ2) is 5.60. The van der Waals surface area contributed by atoms with Crippen molar-refractivity contribution >= 4 is 0 Å². The maximum Gasteiger partial charge on any atom is 0.165 e. The number of fused-ring (bicyclic) bond motifs is 2. The minimum Gasteiger partial charge on any atom is -0.504 e. The highest BCUT2D eigenvalue weighted by atomic mass is 16.6. The van der Waals surface area contributed by atoms with Gasteiger partial charge in [0.1, 0.15) is 11.7 Å². The molecule has 0 amide bonds. The molecule has 1 aromatic carbocycles. The van der Waals surface area contributed by atoms with Crippen LogP contribution in [-0.2, 0) is 16.6 Å². The van der Waals surface area contributed by atoms with Gasteiger partial charge in [-0.2, -0.15) is 0 Å². The summed E-state index contributed by atoms with van der Waals surface area (Å²) in [5.41, 5.74) is 1.24. The number of aromatic hydroxyl groups is 1. The summed E-state index contributed by atoms with van der Waals surface area (Å²) in [6.45, 7) is 6.23. The van der Waals surface area contributed by atoms with E-state index in [0.29, 0.717) is 11.8 Å². The lowest BCUT2D eigenvalue weighted by molar-refractivity contribution is -0.300. The van der Waals surface area contributed by atoms with Crippen molar-refractivity contribution in [3.05, 3.63) is 23.3 Å². The second-order valence-electron chi connectivity index (χ2n) is 12.1. The van der Waals surface area contributed by atoms with E-state index in [1.165, 1.54) is 30.5 Å². The number of piperidine rings is 1. The molecule has 2 heterocycles. The van der Waals surface area contributed by atoms with E-state index in [9.17, 15) is 10.2 Å². The lowest BCUT2D eigenvalue weighted by atomic mass is 9.34. The van der Waals surface area contributed by atoms with E-state index in [1.807, 2.05) is 27.0 Å². The molecule has 2 N–H and O–H groups in total. The van der Waals surface area contributed by atoms with Crippen LogP contribution in [0, 0.1) is 17.3 Å². The maximum absolute atomic E-state index is 11.4. The molecule has 5 fully saturated rings. The minimum absolute atomic E-state index is 0.0123. The molecule has 1 saturated heterocycles. The smallest absolute Gasteiger partial charge is 0.165 e. The zero-order valence-corrected chi connectivity index (χ0v) is 19.0. The van der Waals surface area contributed by atoms with Gasteiger partial charge in [0.05, 0.1) is 5.60 Å². The molecule has 2 spiro atoms. The SMILES string of the molecule is COC12CCC3(CC1C(C)(C)O)C1Cc4ccc(O)c5c4[C@@]3(CCN1CC1CC1)C2O5. The Morgan fingerprint density at radius 3 is 2.74 bits per heavy atom. The second-order valence-corrected chi connectivity index (χ2v) is 12.1. The lowest BCUT2D eigenvalue weighted by Gasteiger charge is -2.75. The van der Waals surface area contributed by atoms with E-state index in [1.54, 1.807) is 0 Å². The van der Waals surface area contributed by atoms with Crippen LogP contribution in [0.15, 0.2) is 12.1 Å². The standard InChI is InChI=1S/C26H35NO4/c1-23(2,29)18-13-24-8-9-26(18,30-3)22-25(24)10-11-27(14-15-4-5-15)19(24)12-16-6-7-17(28)21(31-22)20(16)25/h6-7,15,18-19,22,28-29H,4-5,8-14H2,1-3H3/t18?,19?,22?,24?,25-,26?/m0/s1. The number of phenols is 1. The normalized spacial score (nSPS) is 44.8. The number of aliphatic hydroxyl groups is 1. The van der Waals surface area contributed by atoms with Crippen LogP contribution in [-0.4, -0.2) is 58.7 Å². The fourth-order valence-corrected chi connectivity index (χ4v) is 9.23. The third-order valence-electron chi connectivity index (χ3n) is 10.5. The number of hydrogen-bond acceptors (Lipinski definition) is 5. The predicted molar refractivity (Wildman–Crippen MR) is 116 cm³/mol. The molecule has 1 aromatic rings. The Hall–Kier alpha value is -1.30. The molecule has 5 unspecified atom stereocenters. The largest absolute Gasteiger partial charge is 0.504 e. The van der Waals surface area contributed by atoms with E-state index in [2.05, 4.69) is 11.0 Å². The summed E-state index contributed by atoms with van der Waals surface area (Å²) in [6.07, 6.45) is 7.72. The summed E-state index contributed by atoms with van der Waals surface area (Å²) >= 11 is 0. The first-order chi connectivity index (χ1) is 14.8. The van der Waals surface area contributed by atoms with Crippen molar-refractivity contribution in [1.29, 1.82) is 0 Å². The van der Waals surface area contributed by atoms with Crippen LogP contribution in [0.1, 0.15) is 63.5 Å². The monoisotopic (exact) mass is 425 g/mol. The average Bonchev–Trinajstić information content (AvgIpc) is 3.47. The van der Waals surface area contributed by atoms with Gasteiger partial charge >= 0.3 is 0 Å². The van der Waals surface area contributed by atoms with Gasteiger partial charge in [0.15, 0.2) is 11.5 Å². The van der Waals surface area contributed by atoms with E-state index in [4.69, 9.17) is 9.47 Å². The van der Waals surface area contributed by atoms with Crippen LogP contribution in [0.3, 0.4) is 0 Å². The number of benzene rings is 1. The molecule has 6 atom stereocenters. The van der Waals surface area contributed by atoms with Crippen molar-refractivity contribution in [3.8, 4) is 11.5 Å². The van der Waals surface area contributed by atoms with Gasteiger partial charge in [-0.3, -0.25) is 4.90 Å². The van der Waals surface area contributed by atoms with Gasteiger partial charge in [0.2, 0.25) is 0 Å². The molecule has 168 valence electrons. The zero-order valence-electron chi connectivity index (χ0n) is 19.0. The molecule has 0 radical (unpaired) electrons. The first-order valence-electron chi connectivity index (χ1n) is 12.3. The number of phenolic OH excluding ortho intramolecular Hbond substituents is 1. The fraction of sp³-hybridized carbons (Fsp3) is 0.769. The summed E-state index contributed by atoms with van der Waals surface area (Å²) in [4.78, 5) is 2.81. The summed E-state index contributed by atoms with van der Waals surface area (Å²) < 4.78 is 13.2. The highest BCUT2D eigenvalue weighted by molar-refractivity contribution is 5.63. The van der Waals surface area contributed by atoms with Crippen molar-refractivity contribution in [2.24, 2.45) is 17.3 Å². The summed E-state index contributed by atoms with van der Waals surface area (Å²) in [5.74, 6) is 1.86. The van der Waals surface area contributed by atoms with Crippen molar-refractivity contribution in [2.45, 2.75) is 87.6 Å². The molecule has 2 aliphatic heterocycles. The Morgan fingerprint density at radius 1 is 1.23 bits per heavy atom. The van der Waals surface area contributed by atoms with Crippen LogP contribution >= 0.6 is 0 Å². The lowest BCUT2D eigenvalue weighted by Crippen LogP contribution is -2.82. The van der Waals surface area contributed by atoms with Gasteiger partial charge in [-0.15, -0.1) is 0 Å². The van der Waals surface area contributed by atoms with E-state index in [-0.39, 0.29) is 28.6 Å². The third-order valence-corrected chi connectivity index (χ3v) is 10.5. The maximum atomic E-state index is 11.4. The van der Waals surface area contributed by atoms with Gasteiger partial charge in [-0.05, 0) is 82.9 Å². The average molecular weight is 426 g/mol. The third kappa shape index (κ3) is 2.02. The molecule has 8 rings (SSSR count). The summed E-state index contributed by atoms with van der Waals surface area (Å²) in [6, 6.07) is 4.46. The van der Waals surface area contributed by atoms with Crippen LogP contribution in [0.4, 0.5) is 0 Å². The van der Waals surface area contributed by atoms with Crippen molar-refractivity contribution in [1.82, 2.24) is 4.90 Å². The highest BCUT2D eigenvalue weighted by Crippen LogP contribution is 2.77. The molecule has 4 saturated carbocycles. The zero-order chi connectivity index (χ0) is 21.4. The molecule has 7 aliphatic rings. The quantitative estimate of drug-likeness (QED) is 0.774. The number of methoxy groups -OCH3 is 1. The summed E-state index contributed by atoms with van der Waals surface area (Å²) in [5, 5.41) is 22.2. The Morgan fingerprint density at radius 2 is 2.03 bits per heavy atom. The molecule has 31 heavy (non-hydrogen) atoms. The number of nitrogens with zero attached hydrogens (tertiary/aromatic N) is 1. The van der Waals surface area contributed by atoms with Gasteiger partial charge in [-0.1, -0.05) is 6.07 Å². The molecular weight excluding hydrogens is 390 g/mol. The Balaban J connectivity index is 1.49. The van der Waals surface area contributed by atoms with Gasteiger partial charge in [0.25, 0.3) is 0 Å². The van der Waals surface area contributed by atoms with Crippen molar-refractivity contribution in [3.63, 3.8) is 0 Å². The minimum atomic E-state index is -0.846. The molecule has 4 bridgehead atoms. The van der Waals surface area contributed by atoms with E-state index in [0.717, 1.165) is 44.6 Å². The molecule has 5 nitrogen and oxygen atoms in total. The summed E-state index contributed by atoms with van der Waals surface area (Å²) in [7, 11) is 1.81. The van der Waals surface area contributed by atoms with Crippen LogP contribution < -0.4 is 4.74 Å². The van der Waals surface area contributed by atoms with E-state index < -0.39 is 11.2 Å². The molecule has 5 aliphatic carbocycles. The molecule has 5 heteroatoms. The number of likely N-dealkylation sites (tertiary alicyclic amines) is 1. The van der Waals surface area contributed by atoms with Crippen LogP contribution in [0.5, 0.6) is 11.5 Å². The first-order valence-corrected chi connectivity index (χ1v) is 12.3. The van der Waals surface area contributed by atoms with Gasteiger partial charge in [-0.25, -0.2) is 0 Å². The fourth-order valence-electron chi connectivity index (χ4n) is 9.23. The highest BCUT2D eigenvalue weighted by Gasteiger charge is 2.81. The molecule has 0 aromatic heterocycles. The first kappa shape index (κ1) is 19.2. The number of ether oxygens (including phenoxy) is 2.